The van der Waals surface area contributed by atoms with E-state index in [1.54, 1.807) is 42.5 Å². The molecule has 152 valence electrons. The lowest BCUT2D eigenvalue weighted by atomic mass is 10.1. The van der Waals surface area contributed by atoms with Gasteiger partial charge in [-0.1, -0.05) is 13.0 Å². The molecule has 0 atom stereocenters. The summed E-state index contributed by atoms with van der Waals surface area (Å²) in [5.41, 5.74) is 3.72. The van der Waals surface area contributed by atoms with Crippen LogP contribution in [0, 0.1) is 20.8 Å². The van der Waals surface area contributed by atoms with Gasteiger partial charge in [-0.2, -0.15) is 0 Å². The molecule has 0 saturated heterocycles. The number of sulfonamides is 1. The second kappa shape index (κ2) is 8.34. The standard InChI is InChI=1S/C21H23N3O3S2/c1-5-19-15(4)28-21(22-19)23-20(25)16-7-9-17(10-8-16)24-29(26,27)18-11-6-13(2)14(3)12-18/h6-12,24H,5H2,1-4H3,(H,22,23,25). The molecular weight excluding hydrogens is 406 g/mol. The van der Waals surface area contributed by atoms with E-state index >= 15 is 0 Å². The van der Waals surface area contributed by atoms with E-state index in [2.05, 4.69) is 15.0 Å². The summed E-state index contributed by atoms with van der Waals surface area (Å²) in [6.07, 6.45) is 0.813. The predicted molar refractivity (Wildman–Crippen MR) is 117 cm³/mol. The molecule has 0 spiro atoms. The largest absolute Gasteiger partial charge is 0.298 e. The van der Waals surface area contributed by atoms with Crippen LogP contribution in [0.5, 0.6) is 0 Å². The molecule has 0 fully saturated rings. The number of hydrogen-bond donors (Lipinski definition) is 2. The first kappa shape index (κ1) is 21.0. The number of rotatable bonds is 6. The number of hydrogen-bond acceptors (Lipinski definition) is 5. The van der Waals surface area contributed by atoms with Crippen molar-refractivity contribution in [3.8, 4) is 0 Å². The highest BCUT2D eigenvalue weighted by Crippen LogP contribution is 2.23. The maximum atomic E-state index is 12.6. The molecule has 0 bridgehead atoms. The minimum atomic E-state index is -3.70. The molecule has 1 amide bonds. The first-order chi connectivity index (χ1) is 13.7. The Hall–Kier alpha value is -2.71. The number of nitrogens with one attached hydrogen (secondary N) is 2. The molecule has 0 aliphatic carbocycles. The fourth-order valence-corrected chi connectivity index (χ4v) is 4.80. The molecule has 0 saturated carbocycles. The first-order valence-electron chi connectivity index (χ1n) is 9.17. The Kier molecular flexibility index (Phi) is 6.04. The summed E-state index contributed by atoms with van der Waals surface area (Å²) >= 11 is 1.44. The van der Waals surface area contributed by atoms with Crippen LogP contribution in [0.4, 0.5) is 10.8 Å². The lowest BCUT2D eigenvalue weighted by Crippen LogP contribution is -2.14. The highest BCUT2D eigenvalue weighted by Gasteiger charge is 2.16. The van der Waals surface area contributed by atoms with E-state index in [-0.39, 0.29) is 10.8 Å². The van der Waals surface area contributed by atoms with Gasteiger partial charge in [0.1, 0.15) is 0 Å². The molecule has 1 heterocycles. The Balaban J connectivity index is 1.72. The average Bonchev–Trinajstić information content (AvgIpc) is 3.03. The Morgan fingerprint density at radius 2 is 1.72 bits per heavy atom. The Bertz CT molecular complexity index is 1150. The van der Waals surface area contributed by atoms with Crippen LogP contribution >= 0.6 is 11.3 Å². The van der Waals surface area contributed by atoms with Crippen molar-refractivity contribution in [1.82, 2.24) is 4.98 Å². The third-order valence-electron chi connectivity index (χ3n) is 4.64. The van der Waals surface area contributed by atoms with Crippen LogP contribution in [0.25, 0.3) is 0 Å². The number of amides is 1. The number of anilines is 2. The van der Waals surface area contributed by atoms with E-state index < -0.39 is 10.0 Å². The topological polar surface area (TPSA) is 88.2 Å². The molecule has 2 N–H and O–H groups in total. The summed E-state index contributed by atoms with van der Waals surface area (Å²) in [5, 5.41) is 3.35. The van der Waals surface area contributed by atoms with Gasteiger partial charge in [0.15, 0.2) is 5.13 Å². The molecule has 0 aliphatic rings. The maximum absolute atomic E-state index is 12.6. The molecule has 1 aromatic heterocycles. The fourth-order valence-electron chi connectivity index (χ4n) is 2.76. The molecule has 0 aliphatic heterocycles. The minimum Gasteiger partial charge on any atom is -0.298 e. The zero-order valence-corrected chi connectivity index (χ0v) is 18.4. The van der Waals surface area contributed by atoms with Crippen LogP contribution in [-0.2, 0) is 16.4 Å². The van der Waals surface area contributed by atoms with E-state index in [1.165, 1.54) is 11.3 Å². The summed E-state index contributed by atoms with van der Waals surface area (Å²) in [6, 6.07) is 11.3. The average molecular weight is 430 g/mol. The Morgan fingerprint density at radius 1 is 1.03 bits per heavy atom. The Labute approximate surface area is 175 Å². The second-order valence-corrected chi connectivity index (χ2v) is 9.64. The van der Waals surface area contributed by atoms with Crippen molar-refractivity contribution in [2.75, 3.05) is 10.0 Å². The third-order valence-corrected chi connectivity index (χ3v) is 6.94. The Morgan fingerprint density at radius 3 is 2.31 bits per heavy atom. The van der Waals surface area contributed by atoms with Gasteiger partial charge in [-0.05, 0) is 74.7 Å². The van der Waals surface area contributed by atoms with Gasteiger partial charge < -0.3 is 0 Å². The molecule has 6 nitrogen and oxygen atoms in total. The highest BCUT2D eigenvalue weighted by molar-refractivity contribution is 7.92. The van der Waals surface area contributed by atoms with Crippen LogP contribution in [0.3, 0.4) is 0 Å². The third kappa shape index (κ3) is 4.83. The van der Waals surface area contributed by atoms with Gasteiger partial charge in [-0.25, -0.2) is 13.4 Å². The number of benzene rings is 2. The SMILES string of the molecule is CCc1nc(NC(=O)c2ccc(NS(=O)(=O)c3ccc(C)c(C)c3)cc2)sc1C. The fraction of sp³-hybridized carbons (Fsp3) is 0.238. The van der Waals surface area contributed by atoms with Crippen molar-refractivity contribution in [2.24, 2.45) is 0 Å². The summed E-state index contributed by atoms with van der Waals surface area (Å²) in [7, 11) is -3.70. The number of aryl methyl sites for hydroxylation is 4. The minimum absolute atomic E-state index is 0.202. The highest BCUT2D eigenvalue weighted by atomic mass is 32.2. The van der Waals surface area contributed by atoms with Gasteiger partial charge in [0, 0.05) is 16.1 Å². The summed E-state index contributed by atoms with van der Waals surface area (Å²) in [5.74, 6) is -0.287. The van der Waals surface area contributed by atoms with Crippen molar-refractivity contribution in [3.63, 3.8) is 0 Å². The van der Waals surface area contributed by atoms with Crippen LogP contribution in [0.2, 0.25) is 0 Å². The second-order valence-electron chi connectivity index (χ2n) is 6.76. The number of carbonyl (C=O) groups excluding carboxylic acids is 1. The summed E-state index contributed by atoms with van der Waals surface area (Å²) in [4.78, 5) is 18.1. The smallest absolute Gasteiger partial charge is 0.261 e. The number of aromatic nitrogens is 1. The zero-order chi connectivity index (χ0) is 21.2. The molecule has 2 aromatic carbocycles. The van der Waals surface area contributed by atoms with Gasteiger partial charge in [0.25, 0.3) is 15.9 Å². The van der Waals surface area contributed by atoms with Gasteiger partial charge in [0.2, 0.25) is 0 Å². The van der Waals surface area contributed by atoms with E-state index in [4.69, 9.17) is 0 Å². The van der Waals surface area contributed by atoms with Crippen molar-refractivity contribution in [2.45, 2.75) is 39.0 Å². The van der Waals surface area contributed by atoms with Crippen molar-refractivity contribution < 1.29 is 13.2 Å². The van der Waals surface area contributed by atoms with Crippen molar-refractivity contribution in [1.29, 1.82) is 0 Å². The van der Waals surface area contributed by atoms with Gasteiger partial charge >= 0.3 is 0 Å². The van der Waals surface area contributed by atoms with Gasteiger partial charge in [0.05, 0.1) is 10.6 Å². The van der Waals surface area contributed by atoms with E-state index in [1.807, 2.05) is 27.7 Å². The van der Waals surface area contributed by atoms with E-state index in [0.717, 1.165) is 28.1 Å². The number of carbonyl (C=O) groups is 1. The zero-order valence-electron chi connectivity index (χ0n) is 16.7. The molecule has 0 unspecified atom stereocenters. The van der Waals surface area contributed by atoms with Crippen molar-refractivity contribution >= 4 is 38.1 Å². The van der Waals surface area contributed by atoms with E-state index in [0.29, 0.717) is 16.4 Å². The van der Waals surface area contributed by atoms with Gasteiger partial charge in [-0.3, -0.25) is 14.8 Å². The van der Waals surface area contributed by atoms with Crippen LogP contribution in [0.1, 0.15) is 39.0 Å². The normalized spacial score (nSPS) is 11.3. The van der Waals surface area contributed by atoms with Crippen LogP contribution < -0.4 is 10.0 Å². The predicted octanol–water partition coefficient (Wildman–Crippen LogP) is 4.68. The van der Waals surface area contributed by atoms with Gasteiger partial charge in [-0.15, -0.1) is 11.3 Å². The van der Waals surface area contributed by atoms with Crippen molar-refractivity contribution in [3.05, 3.63) is 69.7 Å². The lowest BCUT2D eigenvalue weighted by Gasteiger charge is -2.10. The first-order valence-corrected chi connectivity index (χ1v) is 11.5. The molecule has 3 aromatic rings. The summed E-state index contributed by atoms with van der Waals surface area (Å²) in [6.45, 7) is 7.79. The molecular formula is C21H23N3O3S2. The summed E-state index contributed by atoms with van der Waals surface area (Å²) < 4.78 is 27.7. The molecule has 29 heavy (non-hydrogen) atoms. The van der Waals surface area contributed by atoms with Crippen LogP contribution in [-0.4, -0.2) is 19.3 Å². The maximum Gasteiger partial charge on any atom is 0.261 e. The monoisotopic (exact) mass is 429 g/mol. The van der Waals surface area contributed by atoms with E-state index in [9.17, 15) is 13.2 Å². The van der Waals surface area contributed by atoms with Crippen LogP contribution in [0.15, 0.2) is 47.4 Å². The lowest BCUT2D eigenvalue weighted by molar-refractivity contribution is 0.102. The quantitative estimate of drug-likeness (QED) is 0.595. The molecule has 8 heteroatoms. The molecule has 3 rings (SSSR count). The number of nitrogens with zero attached hydrogens (tertiary/aromatic N) is 1. The molecule has 0 radical (unpaired) electrons. The number of thiazole rings is 1.